The zero-order valence-corrected chi connectivity index (χ0v) is 23.0. The second-order valence-corrected chi connectivity index (χ2v) is 9.30. The summed E-state index contributed by atoms with van der Waals surface area (Å²) in [6, 6.07) is 5.42. The largest absolute Gasteiger partial charge is 1.00 e. The summed E-state index contributed by atoms with van der Waals surface area (Å²) in [5.41, 5.74) is 1.91. The van der Waals surface area contributed by atoms with Gasteiger partial charge in [0, 0.05) is 22.6 Å². The normalized spacial score (nSPS) is 19.6. The Morgan fingerprint density at radius 2 is 1.83 bits per heavy atom. The van der Waals surface area contributed by atoms with Crippen molar-refractivity contribution < 1.29 is 62.5 Å². The second kappa shape index (κ2) is 9.20. The van der Waals surface area contributed by atoms with Crippen LogP contribution in [0.15, 0.2) is 23.0 Å². The molecule has 36 heavy (non-hydrogen) atoms. The van der Waals surface area contributed by atoms with Crippen molar-refractivity contribution in [3.05, 3.63) is 50.8 Å². The number of carbonyl (C=O) groups excluding carboxylic acids is 1. The van der Waals surface area contributed by atoms with Crippen LogP contribution in [-0.2, 0) is 43.8 Å². The SMILES string of the molecule is CCc1c2c(nc3cc4c(cc13)OCCO4)-c1cc3c(c(=O)n1C2)COC(=O)[C@@]3(CC)O[P+](=O)[O-].[Na+]. The van der Waals surface area contributed by atoms with Gasteiger partial charge in [0.15, 0.2) is 11.5 Å². The zero-order chi connectivity index (χ0) is 24.5. The minimum atomic E-state index is -3.38. The molecule has 5 heterocycles. The van der Waals surface area contributed by atoms with E-state index >= 15 is 0 Å². The van der Waals surface area contributed by atoms with Gasteiger partial charge in [-0.3, -0.25) is 4.79 Å². The molecular weight excluding hydrogens is 498 g/mol. The number of pyridine rings is 2. The van der Waals surface area contributed by atoms with Crippen LogP contribution in [0, 0.1) is 0 Å². The summed E-state index contributed by atoms with van der Waals surface area (Å²) >= 11 is 0. The number of nitrogens with zero attached hydrogens (tertiary/aromatic N) is 2. The van der Waals surface area contributed by atoms with E-state index in [0.29, 0.717) is 54.6 Å². The van der Waals surface area contributed by atoms with Gasteiger partial charge in [-0.15, -0.1) is 4.52 Å². The first-order valence-corrected chi connectivity index (χ1v) is 12.5. The van der Waals surface area contributed by atoms with Crippen LogP contribution < -0.4 is 49.5 Å². The number of ether oxygens (including phenoxy) is 3. The molecule has 0 N–H and O–H groups in total. The van der Waals surface area contributed by atoms with E-state index in [2.05, 4.69) is 0 Å². The summed E-state index contributed by atoms with van der Waals surface area (Å²) in [6.45, 7) is 4.63. The van der Waals surface area contributed by atoms with E-state index in [9.17, 15) is 19.0 Å². The van der Waals surface area contributed by atoms with Gasteiger partial charge in [0.05, 0.1) is 29.0 Å². The molecule has 12 heteroatoms. The monoisotopic (exact) mass is 519 g/mol. The fourth-order valence-corrected chi connectivity index (χ4v) is 5.93. The maximum atomic E-state index is 13.6. The quantitative estimate of drug-likeness (QED) is 0.198. The number of hydrogen-bond donors (Lipinski definition) is 0. The predicted octanol–water partition coefficient (Wildman–Crippen LogP) is -0.541. The molecule has 3 aliphatic rings. The van der Waals surface area contributed by atoms with Gasteiger partial charge in [0.1, 0.15) is 19.8 Å². The van der Waals surface area contributed by atoms with E-state index in [1.54, 1.807) is 17.6 Å². The van der Waals surface area contributed by atoms with Crippen molar-refractivity contribution in [1.29, 1.82) is 0 Å². The van der Waals surface area contributed by atoms with Crippen LogP contribution >= 0.6 is 8.25 Å². The number of hydrogen-bond acceptors (Lipinski definition) is 9. The van der Waals surface area contributed by atoms with Gasteiger partial charge in [0.25, 0.3) is 5.56 Å². The molecular formula is C24H21N2NaO8P+. The van der Waals surface area contributed by atoms with E-state index in [0.717, 1.165) is 16.5 Å². The third-order valence-electron chi connectivity index (χ3n) is 7.02. The Balaban J connectivity index is 0.00000267. The summed E-state index contributed by atoms with van der Waals surface area (Å²) in [4.78, 5) is 42.7. The van der Waals surface area contributed by atoms with Crippen molar-refractivity contribution in [1.82, 2.24) is 9.55 Å². The molecule has 2 aromatic heterocycles. The Hall–Kier alpha value is -2.33. The molecule has 3 aliphatic heterocycles. The summed E-state index contributed by atoms with van der Waals surface area (Å²) in [6.07, 6.45) is 0.677. The first-order valence-electron chi connectivity index (χ1n) is 11.4. The topological polar surface area (TPSA) is 129 Å². The minimum absolute atomic E-state index is 0. The maximum Gasteiger partial charge on any atom is 1.00 e. The molecule has 1 unspecified atom stereocenters. The summed E-state index contributed by atoms with van der Waals surface area (Å²) in [7, 11) is -3.38. The van der Waals surface area contributed by atoms with Crippen LogP contribution in [0.4, 0.5) is 0 Å². The Morgan fingerprint density at radius 1 is 1.11 bits per heavy atom. The molecule has 0 aliphatic carbocycles. The maximum absolute atomic E-state index is 13.6. The molecule has 1 aromatic carbocycles. The Labute approximate surface area is 228 Å². The van der Waals surface area contributed by atoms with Gasteiger partial charge < -0.3 is 23.7 Å². The third kappa shape index (κ3) is 3.55. The van der Waals surface area contributed by atoms with E-state index in [1.807, 2.05) is 19.1 Å². The molecule has 6 rings (SSSR count). The molecule has 0 bridgehead atoms. The Morgan fingerprint density at radius 3 is 2.50 bits per heavy atom. The first kappa shape index (κ1) is 25.3. The molecule has 0 radical (unpaired) electrons. The molecule has 0 fully saturated rings. The molecule has 0 saturated carbocycles. The van der Waals surface area contributed by atoms with Crippen molar-refractivity contribution in [3.8, 4) is 22.9 Å². The van der Waals surface area contributed by atoms with Crippen LogP contribution in [-0.4, -0.2) is 28.7 Å². The van der Waals surface area contributed by atoms with Crippen molar-refractivity contribution in [3.63, 3.8) is 0 Å². The smallest absolute Gasteiger partial charge is 0.566 e. The Bertz CT molecular complexity index is 1520. The van der Waals surface area contributed by atoms with Crippen molar-refractivity contribution in [2.24, 2.45) is 0 Å². The molecule has 2 atom stereocenters. The number of aryl methyl sites for hydroxylation is 1. The van der Waals surface area contributed by atoms with Crippen LogP contribution in [0.5, 0.6) is 11.5 Å². The number of cyclic esters (lactones) is 1. The van der Waals surface area contributed by atoms with E-state index in [-0.39, 0.29) is 59.3 Å². The number of aromatic nitrogens is 2. The van der Waals surface area contributed by atoms with Gasteiger partial charge in [-0.25, -0.2) is 9.78 Å². The fourth-order valence-electron chi connectivity index (χ4n) is 5.37. The summed E-state index contributed by atoms with van der Waals surface area (Å²) in [5.74, 6) is 0.439. The standard InChI is InChI=1S/C24H21N2O8P.Na/c1-3-12-13-7-19-20(32-6-5-31-19)9-17(13)25-21-14(12)10-26-18(21)8-16-15(22(26)27)11-33-23(28)24(16,4-2)34-35(29)30;/h7-9H,3-6,10-11H2,1-2H3;/q;+1/t24-;/m0./s1. The molecule has 10 nitrogen and oxygen atoms in total. The van der Waals surface area contributed by atoms with Crippen molar-refractivity contribution in [2.45, 2.75) is 45.4 Å². The van der Waals surface area contributed by atoms with Gasteiger partial charge in [-0.1, -0.05) is 13.8 Å². The number of fused-ring (bicyclic) bond motifs is 6. The van der Waals surface area contributed by atoms with Crippen LogP contribution in [0.1, 0.15) is 42.5 Å². The Kier molecular flexibility index (Phi) is 6.47. The minimum Gasteiger partial charge on any atom is -0.566 e. The molecule has 0 spiro atoms. The van der Waals surface area contributed by atoms with Gasteiger partial charge in [-0.05, 0) is 35.1 Å². The van der Waals surface area contributed by atoms with Gasteiger partial charge in [-0.2, -0.15) is 0 Å². The average Bonchev–Trinajstić information content (AvgIpc) is 3.21. The zero-order valence-electron chi connectivity index (χ0n) is 20.1. The third-order valence-corrected chi connectivity index (χ3v) is 7.48. The molecule has 180 valence electrons. The van der Waals surface area contributed by atoms with Crippen LogP contribution in [0.2, 0.25) is 0 Å². The number of rotatable bonds is 4. The number of esters is 1. The van der Waals surface area contributed by atoms with E-state index in [1.165, 1.54) is 0 Å². The van der Waals surface area contributed by atoms with E-state index in [4.69, 9.17) is 23.7 Å². The number of benzene rings is 1. The van der Waals surface area contributed by atoms with E-state index < -0.39 is 19.8 Å². The van der Waals surface area contributed by atoms with Crippen molar-refractivity contribution >= 4 is 25.1 Å². The molecule has 0 saturated heterocycles. The second-order valence-electron chi connectivity index (χ2n) is 8.67. The van der Waals surface area contributed by atoms with Gasteiger partial charge >= 0.3 is 43.8 Å². The molecule has 0 amide bonds. The predicted molar refractivity (Wildman–Crippen MR) is 121 cm³/mol. The van der Waals surface area contributed by atoms with Crippen LogP contribution in [0.25, 0.3) is 22.3 Å². The molecule has 3 aromatic rings. The fraction of sp³-hybridized carbons (Fsp3) is 0.375. The van der Waals surface area contributed by atoms with Crippen molar-refractivity contribution in [2.75, 3.05) is 13.2 Å². The number of carbonyl (C=O) groups is 1. The summed E-state index contributed by atoms with van der Waals surface area (Å²) in [5, 5.41) is 0.925. The van der Waals surface area contributed by atoms with Crippen LogP contribution in [0.3, 0.4) is 0 Å². The first-order chi connectivity index (χ1) is 16.9. The van der Waals surface area contributed by atoms with Gasteiger partial charge in [0.2, 0.25) is 5.60 Å². The summed E-state index contributed by atoms with van der Waals surface area (Å²) < 4.78 is 35.0. The average molecular weight is 519 g/mol.